The Morgan fingerprint density at radius 2 is 1.09 bits per heavy atom. The zero-order valence-corrected chi connectivity index (χ0v) is 24.1. The van der Waals surface area contributed by atoms with Gasteiger partial charge in [0.25, 0.3) is 0 Å². The molecule has 2 aromatic heterocycles. The second kappa shape index (κ2) is 13.0. The molecule has 0 fully saturated rings. The van der Waals surface area contributed by atoms with Crippen LogP contribution in [0.2, 0.25) is 0 Å². The summed E-state index contributed by atoms with van der Waals surface area (Å²) in [5.74, 6) is 0.546. The van der Waals surface area contributed by atoms with Gasteiger partial charge in [-0.25, -0.2) is 0 Å². The molecule has 6 aromatic rings. The maximum atomic E-state index is 11.5. The van der Waals surface area contributed by atoms with Crippen molar-refractivity contribution in [1.82, 2.24) is 9.97 Å². The molecule has 3 N–H and O–H groups in total. The number of ether oxygens (including phenoxy) is 3. The van der Waals surface area contributed by atoms with Crippen LogP contribution in [0.1, 0.15) is 11.1 Å². The smallest absolute Gasteiger partial charge is 0.310 e. The molecule has 0 saturated heterocycles. The summed E-state index contributed by atoms with van der Waals surface area (Å²) < 4.78 is 15.3. The maximum absolute atomic E-state index is 11.5. The number of hydrogen-bond acceptors (Lipinski definition) is 5. The molecule has 0 spiro atoms. The molecule has 218 valence electrons. The van der Waals surface area contributed by atoms with E-state index in [-0.39, 0.29) is 18.8 Å². The Morgan fingerprint density at radius 3 is 1.53 bits per heavy atom. The van der Waals surface area contributed by atoms with Crippen LogP contribution in [0.4, 0.5) is 0 Å². The van der Waals surface area contributed by atoms with Crippen molar-refractivity contribution in [2.45, 2.75) is 12.8 Å². The van der Waals surface area contributed by atoms with Crippen molar-refractivity contribution >= 4 is 33.7 Å². The van der Waals surface area contributed by atoms with Crippen molar-refractivity contribution in [3.05, 3.63) is 108 Å². The molecule has 4 aromatic carbocycles. The number of nitrogens with one attached hydrogen (secondary N) is 2. The van der Waals surface area contributed by atoms with Gasteiger partial charge in [-0.05, 0) is 81.9 Å². The molecule has 6 rings (SSSR count). The predicted molar refractivity (Wildman–Crippen MR) is 168 cm³/mol. The van der Waals surface area contributed by atoms with Crippen molar-refractivity contribution in [3.8, 4) is 33.8 Å². The Morgan fingerprint density at radius 1 is 0.628 bits per heavy atom. The predicted octanol–water partition coefficient (Wildman–Crippen LogP) is 7.03. The van der Waals surface area contributed by atoms with Crippen molar-refractivity contribution < 1.29 is 28.9 Å². The summed E-state index contributed by atoms with van der Waals surface area (Å²) in [4.78, 5) is 28.7. The van der Waals surface area contributed by atoms with Crippen molar-refractivity contribution in [2.75, 3.05) is 21.3 Å². The van der Waals surface area contributed by atoms with Gasteiger partial charge in [0.1, 0.15) is 11.5 Å². The average molecular weight is 577 g/mol. The number of benzene rings is 4. The first-order valence-electron chi connectivity index (χ1n) is 13.7. The molecule has 0 aliphatic rings. The minimum absolute atomic E-state index is 0.0154. The minimum Gasteiger partial charge on any atom is -0.497 e. The summed E-state index contributed by atoms with van der Waals surface area (Å²) in [6.45, 7) is 0. The van der Waals surface area contributed by atoms with Crippen molar-refractivity contribution in [1.29, 1.82) is 0 Å². The van der Waals surface area contributed by atoms with E-state index in [2.05, 4.69) is 22.1 Å². The SMILES string of the molecule is COC(=O)Cc1c[nH]c2ccc(-c3cccc(OC)c3)cc12.COc1cccc(-c2ccc3[nH]cc(CC(=O)O)c3c2)c1. The molecule has 0 unspecified atom stereocenters. The van der Waals surface area contributed by atoms with E-state index in [1.807, 2.05) is 79.0 Å². The van der Waals surface area contributed by atoms with Crippen LogP contribution >= 0.6 is 0 Å². The number of H-pyrrole nitrogens is 2. The van der Waals surface area contributed by atoms with Gasteiger partial charge in [-0.2, -0.15) is 0 Å². The average Bonchev–Trinajstić information content (AvgIpc) is 3.63. The van der Waals surface area contributed by atoms with Crippen LogP contribution in [0.25, 0.3) is 44.1 Å². The molecule has 0 atom stereocenters. The van der Waals surface area contributed by atoms with Crippen LogP contribution in [0.5, 0.6) is 11.5 Å². The Labute approximate surface area is 248 Å². The van der Waals surface area contributed by atoms with Crippen LogP contribution in [-0.4, -0.2) is 48.3 Å². The van der Waals surface area contributed by atoms with Crippen molar-refractivity contribution in [2.24, 2.45) is 0 Å². The molecule has 0 bridgehead atoms. The van der Waals surface area contributed by atoms with E-state index in [9.17, 15) is 9.59 Å². The Balaban J connectivity index is 0.000000171. The molecule has 0 aliphatic heterocycles. The van der Waals surface area contributed by atoms with Crippen LogP contribution in [-0.2, 0) is 27.2 Å². The number of carboxylic acid groups (broad SMARTS) is 1. The highest BCUT2D eigenvalue weighted by Gasteiger charge is 2.11. The van der Waals surface area contributed by atoms with Gasteiger partial charge in [-0.15, -0.1) is 0 Å². The van der Waals surface area contributed by atoms with Gasteiger partial charge in [0.2, 0.25) is 0 Å². The van der Waals surface area contributed by atoms with E-state index in [0.717, 1.165) is 66.7 Å². The lowest BCUT2D eigenvalue weighted by Crippen LogP contribution is -2.03. The van der Waals surface area contributed by atoms with Gasteiger partial charge in [0, 0.05) is 34.2 Å². The number of esters is 1. The van der Waals surface area contributed by atoms with E-state index in [1.165, 1.54) is 7.11 Å². The van der Waals surface area contributed by atoms with E-state index in [4.69, 9.17) is 19.3 Å². The fraction of sp³-hybridized carbons (Fsp3) is 0.143. The monoisotopic (exact) mass is 576 g/mol. The third kappa shape index (κ3) is 6.70. The van der Waals surface area contributed by atoms with E-state index in [1.54, 1.807) is 20.4 Å². The third-order valence-electron chi connectivity index (χ3n) is 7.25. The normalized spacial score (nSPS) is 10.7. The first-order valence-corrected chi connectivity index (χ1v) is 13.7. The first-order chi connectivity index (χ1) is 20.9. The molecular formula is C35H32N2O6. The minimum atomic E-state index is -0.831. The third-order valence-corrected chi connectivity index (χ3v) is 7.25. The second-order valence-electron chi connectivity index (χ2n) is 9.94. The number of methoxy groups -OCH3 is 3. The van der Waals surface area contributed by atoms with E-state index >= 15 is 0 Å². The molecule has 0 amide bonds. The molecule has 0 saturated carbocycles. The van der Waals surface area contributed by atoms with Gasteiger partial charge in [0.15, 0.2) is 0 Å². The number of rotatable bonds is 8. The number of fused-ring (bicyclic) bond motifs is 2. The molecule has 2 heterocycles. The quantitative estimate of drug-likeness (QED) is 0.168. The van der Waals surface area contributed by atoms with Gasteiger partial charge in [-0.3, -0.25) is 9.59 Å². The standard InChI is InChI=1S/C18H17NO3.C17H15NO3/c1-21-15-5-3-4-12(8-15)13-6-7-17-16(9-13)14(11-19-17)10-18(20)22-2;1-21-14-4-2-3-11(7-14)12-5-6-16-15(8-12)13(10-18-16)9-17(19)20/h3-9,11,19H,10H2,1-2H3;2-8,10,18H,9H2,1H3,(H,19,20). The van der Waals surface area contributed by atoms with Crippen molar-refractivity contribution in [3.63, 3.8) is 0 Å². The fourth-order valence-electron chi connectivity index (χ4n) is 5.00. The fourth-order valence-corrected chi connectivity index (χ4v) is 5.00. The first kappa shape index (κ1) is 29.0. The van der Waals surface area contributed by atoms with Crippen LogP contribution in [0, 0.1) is 0 Å². The number of carboxylic acids is 1. The number of aromatic amines is 2. The number of carbonyl (C=O) groups excluding carboxylic acids is 1. The number of hydrogen-bond donors (Lipinski definition) is 3. The summed E-state index contributed by atoms with van der Waals surface area (Å²) >= 11 is 0. The molecule has 43 heavy (non-hydrogen) atoms. The van der Waals surface area contributed by atoms with Crippen LogP contribution in [0.15, 0.2) is 97.3 Å². The lowest BCUT2D eigenvalue weighted by Gasteiger charge is -2.06. The summed E-state index contributed by atoms with van der Waals surface area (Å²) in [6, 6.07) is 27.9. The Kier molecular flexibility index (Phi) is 8.77. The van der Waals surface area contributed by atoms with Crippen LogP contribution in [0.3, 0.4) is 0 Å². The lowest BCUT2D eigenvalue weighted by atomic mass is 10.0. The molecule has 0 radical (unpaired) electrons. The number of carbonyl (C=O) groups is 2. The van der Waals surface area contributed by atoms with Crippen LogP contribution < -0.4 is 9.47 Å². The van der Waals surface area contributed by atoms with E-state index < -0.39 is 5.97 Å². The van der Waals surface area contributed by atoms with Gasteiger partial charge in [-0.1, -0.05) is 36.4 Å². The van der Waals surface area contributed by atoms with Gasteiger partial charge >= 0.3 is 11.9 Å². The summed E-state index contributed by atoms with van der Waals surface area (Å²) in [5, 5.41) is 10.9. The number of aliphatic carboxylic acids is 1. The summed E-state index contributed by atoms with van der Waals surface area (Å²) in [5.41, 5.74) is 7.91. The highest BCUT2D eigenvalue weighted by molar-refractivity contribution is 5.92. The van der Waals surface area contributed by atoms with Gasteiger partial charge in [0.05, 0.1) is 34.2 Å². The Bertz CT molecular complexity index is 1900. The largest absolute Gasteiger partial charge is 0.497 e. The molecular weight excluding hydrogens is 544 g/mol. The molecule has 8 heteroatoms. The van der Waals surface area contributed by atoms with Gasteiger partial charge < -0.3 is 29.3 Å². The topological polar surface area (TPSA) is 114 Å². The maximum Gasteiger partial charge on any atom is 0.310 e. The molecule has 8 nitrogen and oxygen atoms in total. The lowest BCUT2D eigenvalue weighted by molar-refractivity contribution is -0.140. The highest BCUT2D eigenvalue weighted by atomic mass is 16.5. The summed E-state index contributed by atoms with van der Waals surface area (Å²) in [6.07, 6.45) is 3.89. The zero-order valence-electron chi connectivity index (χ0n) is 24.1. The van der Waals surface area contributed by atoms with E-state index in [0.29, 0.717) is 0 Å². The Hall–Kier alpha value is -5.50. The molecule has 0 aliphatic carbocycles. The second-order valence-corrected chi connectivity index (χ2v) is 9.94. The zero-order chi connectivity index (χ0) is 30.3. The highest BCUT2D eigenvalue weighted by Crippen LogP contribution is 2.30. The summed E-state index contributed by atoms with van der Waals surface area (Å²) in [7, 11) is 4.70. The number of aromatic nitrogens is 2.